The predicted molar refractivity (Wildman–Crippen MR) is 102 cm³/mol. The molecule has 0 aromatic carbocycles. The third-order valence-electron chi connectivity index (χ3n) is 4.04. The van der Waals surface area contributed by atoms with Gasteiger partial charge in [0, 0.05) is 40.3 Å². The zero-order valence-corrected chi connectivity index (χ0v) is 16.8. The quantitative estimate of drug-likeness (QED) is 0.473. The highest BCUT2D eigenvalue weighted by atomic mass is 16.7. The molecule has 0 N–H and O–H groups in total. The molecule has 0 aromatic heterocycles. The average Bonchev–Trinajstić information content (AvgIpc) is 2.60. The summed E-state index contributed by atoms with van der Waals surface area (Å²) in [5, 5.41) is 0. The number of hydrogen-bond acceptors (Lipinski definition) is 6. The Balaban J connectivity index is 2.87. The summed E-state index contributed by atoms with van der Waals surface area (Å²) in [6, 6.07) is 0. The van der Waals surface area contributed by atoms with Crippen molar-refractivity contribution in [1.82, 2.24) is 14.7 Å². The Bertz CT molecular complexity index is 413. The average molecular weight is 356 g/mol. The summed E-state index contributed by atoms with van der Waals surface area (Å²) in [5.74, 6) is 1.64. The van der Waals surface area contributed by atoms with Gasteiger partial charge in [-0.05, 0) is 19.3 Å². The Morgan fingerprint density at radius 3 is 2.60 bits per heavy atom. The lowest BCUT2D eigenvalue weighted by Gasteiger charge is -2.33. The van der Waals surface area contributed by atoms with Gasteiger partial charge in [0.1, 0.15) is 18.7 Å². The van der Waals surface area contributed by atoms with E-state index < -0.39 is 0 Å². The van der Waals surface area contributed by atoms with Crippen LogP contribution in [0.25, 0.3) is 0 Å². The van der Waals surface area contributed by atoms with E-state index >= 15 is 0 Å². The van der Waals surface area contributed by atoms with Gasteiger partial charge in [-0.3, -0.25) is 0 Å². The molecule has 25 heavy (non-hydrogen) atoms. The molecule has 146 valence electrons. The summed E-state index contributed by atoms with van der Waals surface area (Å²) < 4.78 is 16.8. The van der Waals surface area contributed by atoms with E-state index in [1.807, 2.05) is 12.5 Å². The number of hydrogen-bond donors (Lipinski definition) is 0. The molecular weight excluding hydrogens is 318 g/mol. The Kier molecular flexibility index (Phi) is 11.0. The first kappa shape index (κ1) is 21.5. The van der Waals surface area contributed by atoms with Crippen LogP contribution in [-0.2, 0) is 14.2 Å². The molecule has 0 aromatic rings. The van der Waals surface area contributed by atoms with Crippen molar-refractivity contribution in [2.24, 2.45) is 0 Å². The van der Waals surface area contributed by atoms with Crippen molar-refractivity contribution in [3.05, 3.63) is 24.2 Å². The lowest BCUT2D eigenvalue weighted by molar-refractivity contribution is 0.0376. The zero-order valence-electron chi connectivity index (χ0n) is 16.8. The third kappa shape index (κ3) is 7.90. The lowest BCUT2D eigenvalue weighted by atomic mass is 10.3. The second kappa shape index (κ2) is 12.8. The van der Waals surface area contributed by atoms with E-state index in [2.05, 4.69) is 42.5 Å². The maximum absolute atomic E-state index is 5.91. The van der Waals surface area contributed by atoms with Crippen LogP contribution in [0, 0.1) is 0 Å². The van der Waals surface area contributed by atoms with E-state index in [0.717, 1.165) is 57.8 Å². The van der Waals surface area contributed by atoms with E-state index in [9.17, 15) is 0 Å². The topological polar surface area (TPSA) is 37.4 Å². The Morgan fingerprint density at radius 1 is 1.20 bits per heavy atom. The first-order valence-corrected chi connectivity index (χ1v) is 9.56. The maximum atomic E-state index is 5.91. The summed E-state index contributed by atoms with van der Waals surface area (Å²) in [5.41, 5.74) is 0. The minimum Gasteiger partial charge on any atom is -0.462 e. The standard InChI is InChI=1S/C19H37N3O3/c1-6-9-20(4)18(22(11-8-3)13-14-23-5)17-25-19-16-21(10-7-2)12-15-24-19/h16-17H,6-15H2,1-5H3/b18-17+. The monoisotopic (exact) mass is 355 g/mol. The van der Waals surface area contributed by atoms with Crippen LogP contribution in [0.1, 0.15) is 40.0 Å². The SMILES string of the molecule is CCCN1C=C(O/C=C(\N(C)CCC)N(CCC)CCOC)OCC1. The molecule has 0 fully saturated rings. The zero-order chi connectivity index (χ0) is 18.5. The molecule has 0 radical (unpaired) electrons. The van der Waals surface area contributed by atoms with Crippen molar-refractivity contribution in [2.45, 2.75) is 40.0 Å². The third-order valence-corrected chi connectivity index (χ3v) is 4.04. The fourth-order valence-corrected chi connectivity index (χ4v) is 2.82. The van der Waals surface area contributed by atoms with Crippen molar-refractivity contribution in [3.8, 4) is 0 Å². The number of ether oxygens (including phenoxy) is 3. The van der Waals surface area contributed by atoms with Gasteiger partial charge in [0.05, 0.1) is 19.4 Å². The van der Waals surface area contributed by atoms with E-state index in [0.29, 0.717) is 19.2 Å². The van der Waals surface area contributed by atoms with Gasteiger partial charge in [0.2, 0.25) is 0 Å². The first-order valence-electron chi connectivity index (χ1n) is 9.56. The van der Waals surface area contributed by atoms with Gasteiger partial charge < -0.3 is 28.9 Å². The summed E-state index contributed by atoms with van der Waals surface area (Å²) in [7, 11) is 3.84. The largest absolute Gasteiger partial charge is 0.462 e. The highest BCUT2D eigenvalue weighted by molar-refractivity contribution is 4.99. The molecule has 0 spiro atoms. The van der Waals surface area contributed by atoms with E-state index in [1.54, 1.807) is 7.11 Å². The van der Waals surface area contributed by atoms with Crippen LogP contribution in [0.4, 0.5) is 0 Å². The minimum atomic E-state index is 0.574. The van der Waals surface area contributed by atoms with Crippen molar-refractivity contribution < 1.29 is 14.2 Å². The molecule has 1 aliphatic heterocycles. The van der Waals surface area contributed by atoms with Crippen molar-refractivity contribution in [2.75, 3.05) is 60.1 Å². The van der Waals surface area contributed by atoms with Crippen molar-refractivity contribution in [3.63, 3.8) is 0 Å². The molecule has 1 rings (SSSR count). The molecule has 1 heterocycles. The highest BCUT2D eigenvalue weighted by Gasteiger charge is 2.16. The molecule has 0 bridgehead atoms. The molecule has 6 heteroatoms. The summed E-state index contributed by atoms with van der Waals surface area (Å²) in [6.07, 6.45) is 7.07. The number of methoxy groups -OCH3 is 1. The molecule has 0 unspecified atom stereocenters. The van der Waals surface area contributed by atoms with Crippen molar-refractivity contribution in [1.29, 1.82) is 0 Å². The summed E-state index contributed by atoms with van der Waals surface area (Å²) >= 11 is 0. The van der Waals surface area contributed by atoms with Crippen LogP contribution in [0.3, 0.4) is 0 Å². The van der Waals surface area contributed by atoms with Crippen LogP contribution in [0.2, 0.25) is 0 Å². The molecule has 0 saturated carbocycles. The van der Waals surface area contributed by atoms with Gasteiger partial charge in [-0.15, -0.1) is 0 Å². The normalized spacial score (nSPS) is 14.8. The van der Waals surface area contributed by atoms with E-state index in [-0.39, 0.29) is 0 Å². The maximum Gasteiger partial charge on any atom is 0.301 e. The van der Waals surface area contributed by atoms with E-state index in [4.69, 9.17) is 14.2 Å². The molecule has 6 nitrogen and oxygen atoms in total. The molecular formula is C19H37N3O3. The summed E-state index contributed by atoms with van der Waals surface area (Å²) in [6.45, 7) is 12.6. The van der Waals surface area contributed by atoms with Gasteiger partial charge in [-0.25, -0.2) is 0 Å². The molecule has 0 atom stereocenters. The number of rotatable bonds is 13. The fourth-order valence-electron chi connectivity index (χ4n) is 2.82. The van der Waals surface area contributed by atoms with Crippen LogP contribution >= 0.6 is 0 Å². The van der Waals surface area contributed by atoms with E-state index in [1.165, 1.54) is 0 Å². The lowest BCUT2D eigenvalue weighted by Crippen LogP contribution is -2.36. The smallest absolute Gasteiger partial charge is 0.301 e. The first-order chi connectivity index (χ1) is 12.2. The molecule has 0 amide bonds. The van der Waals surface area contributed by atoms with Crippen LogP contribution in [0.5, 0.6) is 0 Å². The van der Waals surface area contributed by atoms with Gasteiger partial charge >= 0.3 is 5.95 Å². The Hall–Kier alpha value is -1.56. The Labute approximate surface area is 154 Å². The molecule has 0 aliphatic carbocycles. The summed E-state index contributed by atoms with van der Waals surface area (Å²) in [4.78, 5) is 6.79. The number of nitrogens with zero attached hydrogens (tertiary/aromatic N) is 3. The van der Waals surface area contributed by atoms with Crippen LogP contribution < -0.4 is 0 Å². The van der Waals surface area contributed by atoms with Gasteiger partial charge in [-0.1, -0.05) is 20.8 Å². The minimum absolute atomic E-state index is 0.574. The molecule has 1 aliphatic rings. The fraction of sp³-hybridized carbons (Fsp3) is 0.789. The van der Waals surface area contributed by atoms with Gasteiger partial charge in [0.15, 0.2) is 0 Å². The second-order valence-electron chi connectivity index (χ2n) is 6.33. The van der Waals surface area contributed by atoms with Crippen molar-refractivity contribution >= 4 is 0 Å². The van der Waals surface area contributed by atoms with Gasteiger partial charge in [-0.2, -0.15) is 0 Å². The van der Waals surface area contributed by atoms with Gasteiger partial charge in [0.25, 0.3) is 0 Å². The predicted octanol–water partition coefficient (Wildman–Crippen LogP) is 3.04. The Morgan fingerprint density at radius 2 is 1.96 bits per heavy atom. The van der Waals surface area contributed by atoms with Crippen LogP contribution in [-0.4, -0.2) is 74.8 Å². The second-order valence-corrected chi connectivity index (χ2v) is 6.33. The molecule has 0 saturated heterocycles. The highest BCUT2D eigenvalue weighted by Crippen LogP contribution is 2.15. The van der Waals surface area contributed by atoms with Crippen LogP contribution in [0.15, 0.2) is 24.2 Å².